The van der Waals surface area contributed by atoms with Crippen LogP contribution in [0.4, 0.5) is 26.3 Å². The van der Waals surface area contributed by atoms with Gasteiger partial charge in [-0.3, -0.25) is 23.7 Å². The molecule has 53 heavy (non-hydrogen) atoms. The van der Waals surface area contributed by atoms with Crippen LogP contribution in [0.25, 0.3) is 33.4 Å². The molecule has 278 valence electrons. The summed E-state index contributed by atoms with van der Waals surface area (Å²) in [5.74, 6) is 0.0306. The van der Waals surface area contributed by atoms with Gasteiger partial charge in [0, 0.05) is 12.1 Å². The van der Waals surface area contributed by atoms with E-state index >= 15 is 0 Å². The van der Waals surface area contributed by atoms with Crippen molar-refractivity contribution in [2.75, 3.05) is 26.1 Å². The largest absolute Gasteiger partial charge is 0.484 e. The number of rotatable bonds is 9. The lowest BCUT2D eigenvalue weighted by Crippen LogP contribution is -2.24. The van der Waals surface area contributed by atoms with Crippen LogP contribution in [0.5, 0.6) is 17.5 Å². The van der Waals surface area contributed by atoms with Crippen LogP contribution in [-0.2, 0) is 0 Å². The molecule has 0 aliphatic heterocycles. The lowest BCUT2D eigenvalue weighted by Gasteiger charge is -2.14. The summed E-state index contributed by atoms with van der Waals surface area (Å²) in [7, 11) is 0. The molecule has 0 amide bonds. The minimum absolute atomic E-state index is 0.000150. The highest BCUT2D eigenvalue weighted by atomic mass is 32.2. The number of aromatic amines is 2. The van der Waals surface area contributed by atoms with Crippen LogP contribution in [0.15, 0.2) is 97.1 Å². The van der Waals surface area contributed by atoms with Crippen LogP contribution >= 0.6 is 11.8 Å². The molecule has 0 saturated heterocycles. The van der Waals surface area contributed by atoms with Gasteiger partial charge in [-0.05, 0) is 73.8 Å². The highest BCUT2D eigenvalue weighted by Crippen LogP contribution is 2.24. The van der Waals surface area contributed by atoms with Crippen molar-refractivity contribution in [1.82, 2.24) is 29.1 Å². The number of nitrogens with zero attached hydrogens (tertiary/aromatic N) is 4. The van der Waals surface area contributed by atoms with Crippen LogP contribution in [0.2, 0.25) is 0 Å². The van der Waals surface area contributed by atoms with Crippen molar-refractivity contribution >= 4 is 33.8 Å². The maximum Gasteiger partial charge on any atom is 0.422 e. The number of pyridine rings is 2. The first kappa shape index (κ1) is 38.2. The molecular formula is C33H26F6N6O7S. The van der Waals surface area contributed by atoms with Gasteiger partial charge in [0.05, 0.1) is 28.8 Å². The second-order valence-corrected chi connectivity index (χ2v) is 11.4. The Hall–Kier alpha value is -6.05. The number of ether oxygens (including phenoxy) is 3. The van der Waals surface area contributed by atoms with E-state index in [1.807, 2.05) is 0 Å². The van der Waals surface area contributed by atoms with Crippen LogP contribution in [0.1, 0.15) is 6.92 Å². The number of benzene rings is 2. The summed E-state index contributed by atoms with van der Waals surface area (Å²) in [6.07, 6.45) is -7.16. The van der Waals surface area contributed by atoms with Crippen LogP contribution in [0.3, 0.4) is 0 Å². The zero-order valence-electron chi connectivity index (χ0n) is 27.4. The van der Waals surface area contributed by atoms with E-state index in [0.717, 1.165) is 4.57 Å². The number of nitrogens with one attached hydrogen (secondary N) is 2. The van der Waals surface area contributed by atoms with Gasteiger partial charge in [-0.25, -0.2) is 9.55 Å². The second-order valence-electron chi connectivity index (χ2n) is 10.7. The zero-order chi connectivity index (χ0) is 38.5. The van der Waals surface area contributed by atoms with Crippen LogP contribution in [0, 0.1) is 0 Å². The minimum Gasteiger partial charge on any atom is -0.484 e. The highest BCUT2D eigenvalue weighted by molar-refractivity contribution is 7.98. The monoisotopic (exact) mass is 764 g/mol. The number of alkyl halides is 6. The Kier molecular flexibility index (Phi) is 11.3. The standard InChI is InChI=1S/C17H14F3N3O4.C16H12F3N3O3S/c1-2-26-16-22-14-12(7-8-13(24)21-14)15(25)23(16)10-3-5-11(6-4-10)27-9-17(18,19)20;1-26-15-21-13-11(6-7-12(23)20-13)14(24)22(15)9-2-4-10(5-3-9)25-8-16(17,18)19/h3-8H,2,9H2,1H3,(H,21,24);2-7H,8H2,1H3,(H,20,23). The lowest BCUT2D eigenvalue weighted by atomic mass is 10.2. The Labute approximate surface area is 296 Å². The van der Waals surface area contributed by atoms with E-state index in [-0.39, 0.29) is 51.7 Å². The number of fused-ring (bicyclic) bond motifs is 2. The lowest BCUT2D eigenvalue weighted by molar-refractivity contribution is -0.154. The van der Waals surface area contributed by atoms with Crippen LogP contribution in [-0.4, -0.2) is 67.5 Å². The number of hydrogen-bond acceptors (Lipinski definition) is 10. The summed E-state index contributed by atoms with van der Waals surface area (Å²) in [6, 6.07) is 16.1. The number of halogens is 6. The van der Waals surface area contributed by atoms with Crippen molar-refractivity contribution in [3.8, 4) is 28.9 Å². The van der Waals surface area contributed by atoms with Gasteiger partial charge in [-0.1, -0.05) is 11.8 Å². The van der Waals surface area contributed by atoms with Gasteiger partial charge in [0.1, 0.15) is 17.1 Å². The van der Waals surface area contributed by atoms with Crippen molar-refractivity contribution in [2.45, 2.75) is 24.4 Å². The van der Waals surface area contributed by atoms with E-state index < -0.39 is 42.2 Å². The van der Waals surface area contributed by atoms with E-state index in [1.165, 1.54) is 89.1 Å². The maximum atomic E-state index is 12.8. The molecule has 2 N–H and O–H groups in total. The smallest absolute Gasteiger partial charge is 0.422 e. The first-order valence-electron chi connectivity index (χ1n) is 15.2. The molecule has 0 aliphatic rings. The molecule has 6 aromatic rings. The fraction of sp³-hybridized carbons (Fsp3) is 0.212. The summed E-state index contributed by atoms with van der Waals surface area (Å²) < 4.78 is 90.5. The predicted molar refractivity (Wildman–Crippen MR) is 182 cm³/mol. The topological polar surface area (TPSA) is 163 Å². The Morgan fingerprint density at radius 3 is 1.49 bits per heavy atom. The SMILES string of the molecule is CCOc1nc2[nH]c(=O)ccc2c(=O)n1-c1ccc(OCC(F)(F)F)cc1.CSc1nc2[nH]c(=O)ccc2c(=O)n1-c1ccc(OCC(F)(F)F)cc1. The molecular weight excluding hydrogens is 738 g/mol. The summed E-state index contributed by atoms with van der Waals surface area (Å²) in [6.45, 7) is -0.904. The first-order valence-corrected chi connectivity index (χ1v) is 16.4. The van der Waals surface area contributed by atoms with E-state index in [4.69, 9.17) is 4.74 Å². The maximum absolute atomic E-state index is 12.8. The third kappa shape index (κ3) is 9.44. The first-order chi connectivity index (χ1) is 25.1. The Morgan fingerprint density at radius 2 is 1.06 bits per heavy atom. The third-order valence-corrected chi connectivity index (χ3v) is 7.55. The number of thioether (sulfide) groups is 1. The number of H-pyrrole nitrogens is 2. The molecule has 0 saturated carbocycles. The van der Waals surface area contributed by atoms with Gasteiger partial charge in [0.2, 0.25) is 11.1 Å². The molecule has 13 nitrogen and oxygen atoms in total. The van der Waals surface area contributed by atoms with Gasteiger partial charge in [-0.15, -0.1) is 0 Å². The molecule has 0 fully saturated rings. The molecule has 0 unspecified atom stereocenters. The normalized spacial score (nSPS) is 11.6. The number of hydrogen-bond donors (Lipinski definition) is 2. The fourth-order valence-corrected chi connectivity index (χ4v) is 5.24. The Bertz CT molecular complexity index is 2480. The van der Waals surface area contributed by atoms with Gasteiger partial charge in [0.25, 0.3) is 11.1 Å². The van der Waals surface area contributed by atoms with Crippen LogP contribution < -0.4 is 36.4 Å². The minimum atomic E-state index is -4.45. The van der Waals surface area contributed by atoms with E-state index in [9.17, 15) is 45.5 Å². The van der Waals surface area contributed by atoms with Crippen molar-refractivity contribution in [3.05, 3.63) is 114 Å². The zero-order valence-corrected chi connectivity index (χ0v) is 28.2. The molecule has 0 atom stereocenters. The molecule has 0 aliphatic carbocycles. The number of aromatic nitrogens is 6. The summed E-state index contributed by atoms with van der Waals surface area (Å²) in [5.41, 5.74) is -0.697. The Morgan fingerprint density at radius 1 is 0.623 bits per heavy atom. The van der Waals surface area contributed by atoms with Gasteiger partial charge in [-0.2, -0.15) is 31.3 Å². The average molecular weight is 765 g/mol. The fourth-order valence-electron chi connectivity index (χ4n) is 4.69. The molecule has 4 heterocycles. The molecule has 0 spiro atoms. The van der Waals surface area contributed by atoms with E-state index in [1.54, 1.807) is 13.2 Å². The summed E-state index contributed by atoms with van der Waals surface area (Å²) >= 11 is 1.19. The molecule has 2 aromatic carbocycles. The third-order valence-electron chi connectivity index (χ3n) is 6.91. The molecule has 4 aromatic heterocycles. The predicted octanol–water partition coefficient (Wildman–Crippen LogP) is 5.15. The summed E-state index contributed by atoms with van der Waals surface area (Å²) in [5, 5.41) is 0.712. The quantitative estimate of drug-likeness (QED) is 0.114. The average Bonchev–Trinajstić information content (AvgIpc) is 3.10. The molecule has 20 heteroatoms. The van der Waals surface area contributed by atoms with Gasteiger partial charge < -0.3 is 24.2 Å². The van der Waals surface area contributed by atoms with Crippen molar-refractivity contribution in [3.63, 3.8) is 0 Å². The van der Waals surface area contributed by atoms with Gasteiger partial charge >= 0.3 is 18.4 Å². The van der Waals surface area contributed by atoms with Gasteiger partial charge in [0.15, 0.2) is 24.0 Å². The molecule has 0 radical (unpaired) electrons. The molecule has 6 rings (SSSR count). The van der Waals surface area contributed by atoms with Crippen molar-refractivity contribution in [2.24, 2.45) is 0 Å². The second kappa shape index (κ2) is 15.7. The highest BCUT2D eigenvalue weighted by Gasteiger charge is 2.29. The van der Waals surface area contributed by atoms with E-state index in [2.05, 4.69) is 29.4 Å². The van der Waals surface area contributed by atoms with E-state index in [0.29, 0.717) is 16.5 Å². The van der Waals surface area contributed by atoms with Crippen molar-refractivity contribution < 1.29 is 40.6 Å². The molecule has 0 bridgehead atoms. The Balaban J connectivity index is 0.000000204. The summed E-state index contributed by atoms with van der Waals surface area (Å²) in [4.78, 5) is 61.8. The van der Waals surface area contributed by atoms with Crippen molar-refractivity contribution in [1.29, 1.82) is 0 Å².